The summed E-state index contributed by atoms with van der Waals surface area (Å²) in [5, 5.41) is 0. The Bertz CT molecular complexity index is 709. The molecule has 19 heavy (non-hydrogen) atoms. The molecule has 0 saturated heterocycles. The highest BCUT2D eigenvalue weighted by molar-refractivity contribution is 5.94. The Balaban J connectivity index is 0.00000133. The van der Waals surface area contributed by atoms with Gasteiger partial charge in [-0.3, -0.25) is 14.6 Å². The standard InChI is InChI=1S/C13H10N2O3.ClH/c14-11(16)10-5-9-8-4-2-1-3-7(8)6-18-13(9)15-12(10)17;/h1-5H,6H2,(H2,14,16)(H,15,17);1H. The summed E-state index contributed by atoms with van der Waals surface area (Å²) >= 11 is 0. The van der Waals surface area contributed by atoms with Gasteiger partial charge in [0, 0.05) is 5.56 Å². The van der Waals surface area contributed by atoms with Gasteiger partial charge >= 0.3 is 0 Å². The smallest absolute Gasteiger partial charge is 0.263 e. The molecule has 0 atom stereocenters. The Morgan fingerprint density at radius 3 is 2.74 bits per heavy atom. The van der Waals surface area contributed by atoms with Crippen molar-refractivity contribution in [3.05, 3.63) is 51.8 Å². The number of rotatable bonds is 1. The third kappa shape index (κ3) is 2.08. The highest BCUT2D eigenvalue weighted by Crippen LogP contribution is 2.35. The molecule has 0 radical (unpaired) electrons. The highest BCUT2D eigenvalue weighted by Gasteiger charge is 2.20. The predicted octanol–water partition coefficient (Wildman–Crippen LogP) is 1.46. The van der Waals surface area contributed by atoms with Crippen LogP contribution >= 0.6 is 12.4 Å². The van der Waals surface area contributed by atoms with Crippen LogP contribution in [0.2, 0.25) is 0 Å². The minimum atomic E-state index is -0.748. The number of benzene rings is 1. The summed E-state index contributed by atoms with van der Waals surface area (Å²) in [6.45, 7) is 0.398. The van der Waals surface area contributed by atoms with E-state index in [0.717, 1.165) is 11.1 Å². The van der Waals surface area contributed by atoms with Gasteiger partial charge in [0.05, 0.1) is 0 Å². The molecule has 0 aliphatic carbocycles. The number of amides is 1. The molecule has 1 aliphatic heterocycles. The lowest BCUT2D eigenvalue weighted by Gasteiger charge is -2.20. The van der Waals surface area contributed by atoms with Gasteiger partial charge in [-0.05, 0) is 17.2 Å². The fourth-order valence-electron chi connectivity index (χ4n) is 2.07. The number of hydrogen-bond donors (Lipinski definition) is 2. The normalized spacial score (nSPS) is 11.6. The van der Waals surface area contributed by atoms with Gasteiger partial charge in [-0.15, -0.1) is 12.4 Å². The van der Waals surface area contributed by atoms with Gasteiger partial charge in [0.2, 0.25) is 5.88 Å². The lowest BCUT2D eigenvalue weighted by atomic mass is 9.98. The van der Waals surface area contributed by atoms with Crippen LogP contribution in [-0.4, -0.2) is 10.9 Å². The van der Waals surface area contributed by atoms with Crippen molar-refractivity contribution in [2.45, 2.75) is 6.61 Å². The molecule has 0 spiro atoms. The Morgan fingerprint density at radius 1 is 1.26 bits per heavy atom. The zero-order valence-corrected chi connectivity index (χ0v) is 10.6. The average molecular weight is 279 g/mol. The van der Waals surface area contributed by atoms with Crippen LogP contribution in [-0.2, 0) is 6.61 Å². The lowest BCUT2D eigenvalue weighted by Crippen LogP contribution is -2.25. The lowest BCUT2D eigenvalue weighted by molar-refractivity contribution is 0.0998. The zero-order chi connectivity index (χ0) is 12.7. The Kier molecular flexibility index (Phi) is 3.31. The monoisotopic (exact) mass is 278 g/mol. The van der Waals surface area contributed by atoms with Crippen molar-refractivity contribution in [1.29, 1.82) is 0 Å². The fraction of sp³-hybridized carbons (Fsp3) is 0.0769. The third-order valence-electron chi connectivity index (χ3n) is 2.95. The molecule has 0 bridgehead atoms. The summed E-state index contributed by atoms with van der Waals surface area (Å²) in [6.07, 6.45) is 0. The van der Waals surface area contributed by atoms with Crippen LogP contribution in [0.4, 0.5) is 0 Å². The van der Waals surface area contributed by atoms with Crippen LogP contribution < -0.4 is 16.0 Å². The number of primary amides is 1. The SMILES string of the molecule is Cl.NC(=O)c1cc2c([nH]c1=O)OCc1ccccc1-2. The minimum absolute atomic E-state index is 0. The molecule has 1 aromatic carbocycles. The minimum Gasteiger partial charge on any atom is -0.474 e. The molecule has 5 nitrogen and oxygen atoms in total. The first-order valence-electron chi connectivity index (χ1n) is 5.45. The summed E-state index contributed by atoms with van der Waals surface area (Å²) in [4.78, 5) is 25.3. The molecule has 0 saturated carbocycles. The number of carbonyl (C=O) groups is 1. The number of aromatic nitrogens is 1. The molecule has 3 rings (SSSR count). The second-order valence-electron chi connectivity index (χ2n) is 4.07. The van der Waals surface area contributed by atoms with Crippen LogP contribution in [0.1, 0.15) is 15.9 Å². The second-order valence-corrected chi connectivity index (χ2v) is 4.07. The molecule has 2 heterocycles. The van der Waals surface area contributed by atoms with Gasteiger partial charge in [-0.25, -0.2) is 0 Å². The van der Waals surface area contributed by atoms with Gasteiger partial charge in [-0.1, -0.05) is 24.3 Å². The quantitative estimate of drug-likeness (QED) is 0.828. The number of pyridine rings is 1. The molecule has 3 N–H and O–H groups in total. The van der Waals surface area contributed by atoms with Crippen molar-refractivity contribution in [2.75, 3.05) is 0 Å². The summed E-state index contributed by atoms with van der Waals surface area (Å²) in [5.74, 6) is -0.370. The van der Waals surface area contributed by atoms with Crippen LogP contribution in [0, 0.1) is 0 Å². The largest absolute Gasteiger partial charge is 0.474 e. The van der Waals surface area contributed by atoms with E-state index in [1.165, 1.54) is 6.07 Å². The van der Waals surface area contributed by atoms with Gasteiger partial charge < -0.3 is 10.5 Å². The summed E-state index contributed by atoms with van der Waals surface area (Å²) in [6, 6.07) is 9.14. The number of halogens is 1. The topological polar surface area (TPSA) is 85.2 Å². The molecular weight excluding hydrogens is 268 g/mol. The number of carbonyl (C=O) groups excluding carboxylic acids is 1. The fourth-order valence-corrected chi connectivity index (χ4v) is 2.07. The van der Waals surface area contributed by atoms with Crippen molar-refractivity contribution in [3.8, 4) is 17.0 Å². The van der Waals surface area contributed by atoms with Crippen molar-refractivity contribution in [2.24, 2.45) is 5.73 Å². The van der Waals surface area contributed by atoms with Gasteiger partial charge in [0.1, 0.15) is 12.2 Å². The van der Waals surface area contributed by atoms with E-state index in [1.807, 2.05) is 24.3 Å². The number of fused-ring (bicyclic) bond motifs is 3. The van der Waals surface area contributed by atoms with Crippen LogP contribution in [0.3, 0.4) is 0 Å². The number of nitrogens with one attached hydrogen (secondary N) is 1. The van der Waals surface area contributed by atoms with E-state index >= 15 is 0 Å². The maximum atomic E-state index is 11.6. The van der Waals surface area contributed by atoms with E-state index in [2.05, 4.69) is 4.98 Å². The van der Waals surface area contributed by atoms with Crippen molar-refractivity contribution >= 4 is 18.3 Å². The second kappa shape index (κ2) is 4.78. The first-order valence-corrected chi connectivity index (χ1v) is 5.45. The van der Waals surface area contributed by atoms with E-state index in [0.29, 0.717) is 18.1 Å². The van der Waals surface area contributed by atoms with E-state index in [1.54, 1.807) is 0 Å². The van der Waals surface area contributed by atoms with E-state index in [-0.39, 0.29) is 18.0 Å². The Labute approximate surface area is 114 Å². The highest BCUT2D eigenvalue weighted by atomic mass is 35.5. The summed E-state index contributed by atoms with van der Waals surface area (Å²) in [5.41, 5.74) is 7.21. The molecule has 0 unspecified atom stereocenters. The Hall–Kier alpha value is -2.27. The molecule has 6 heteroatoms. The predicted molar refractivity (Wildman–Crippen MR) is 72.6 cm³/mol. The van der Waals surface area contributed by atoms with Crippen molar-refractivity contribution in [3.63, 3.8) is 0 Å². The summed E-state index contributed by atoms with van der Waals surface area (Å²) in [7, 11) is 0. The molecule has 98 valence electrons. The number of H-pyrrole nitrogens is 1. The Morgan fingerprint density at radius 2 is 2.00 bits per heavy atom. The molecule has 1 aromatic heterocycles. The number of ether oxygens (including phenoxy) is 1. The van der Waals surface area contributed by atoms with Crippen molar-refractivity contribution in [1.82, 2.24) is 4.98 Å². The van der Waals surface area contributed by atoms with Crippen molar-refractivity contribution < 1.29 is 9.53 Å². The molecular formula is C13H11ClN2O3. The molecule has 2 aromatic rings. The molecule has 1 amide bonds. The maximum absolute atomic E-state index is 11.6. The number of aromatic amines is 1. The first-order chi connectivity index (χ1) is 8.66. The van der Waals surface area contributed by atoms with E-state index < -0.39 is 11.5 Å². The van der Waals surface area contributed by atoms with E-state index in [4.69, 9.17) is 10.5 Å². The van der Waals surface area contributed by atoms with Crippen LogP contribution in [0.25, 0.3) is 11.1 Å². The van der Waals surface area contributed by atoms with Gasteiger partial charge in [0.25, 0.3) is 11.5 Å². The van der Waals surface area contributed by atoms with Gasteiger partial charge in [0.15, 0.2) is 0 Å². The molecule has 0 fully saturated rings. The first kappa shape index (κ1) is 13.2. The van der Waals surface area contributed by atoms with E-state index in [9.17, 15) is 9.59 Å². The molecule has 1 aliphatic rings. The number of nitrogens with two attached hydrogens (primary N) is 1. The maximum Gasteiger partial charge on any atom is 0.263 e. The third-order valence-corrected chi connectivity index (χ3v) is 2.95. The van der Waals surface area contributed by atoms with Crippen LogP contribution in [0.5, 0.6) is 5.88 Å². The summed E-state index contributed by atoms with van der Waals surface area (Å²) < 4.78 is 5.46. The zero-order valence-electron chi connectivity index (χ0n) is 9.80. The average Bonchev–Trinajstić information content (AvgIpc) is 2.37. The van der Waals surface area contributed by atoms with Crippen LogP contribution in [0.15, 0.2) is 35.1 Å². The number of hydrogen-bond acceptors (Lipinski definition) is 3. The van der Waals surface area contributed by atoms with Gasteiger partial charge in [-0.2, -0.15) is 0 Å².